The van der Waals surface area contributed by atoms with Crippen molar-refractivity contribution in [2.75, 3.05) is 0 Å². The molecule has 0 saturated carbocycles. The first-order chi connectivity index (χ1) is 12.9. The van der Waals surface area contributed by atoms with Gasteiger partial charge in [-0.05, 0) is 48.2 Å². The van der Waals surface area contributed by atoms with E-state index in [0.717, 1.165) is 27.9 Å². The highest BCUT2D eigenvalue weighted by Crippen LogP contribution is 2.31. The number of rotatable bonds is 3. The Balaban J connectivity index is 1.90. The van der Waals surface area contributed by atoms with Crippen molar-refractivity contribution in [3.05, 3.63) is 71.0 Å². The number of benzene rings is 2. The fraction of sp³-hybridized carbons (Fsp3) is 0. The van der Waals surface area contributed by atoms with E-state index in [9.17, 15) is 22.4 Å². The van der Waals surface area contributed by atoms with Crippen molar-refractivity contribution >= 4 is 49.9 Å². The van der Waals surface area contributed by atoms with Gasteiger partial charge in [0, 0.05) is 17.1 Å². The van der Waals surface area contributed by atoms with Crippen LogP contribution in [0, 0.1) is 5.82 Å². The number of nitrogens with one attached hydrogen (secondary N) is 1. The average Bonchev–Trinajstić information content (AvgIpc) is 3.16. The summed E-state index contributed by atoms with van der Waals surface area (Å²) in [5, 5.41) is 2.28. The van der Waals surface area contributed by atoms with Crippen LogP contribution in [-0.4, -0.2) is 23.5 Å². The second-order valence-electron chi connectivity index (χ2n) is 5.71. The fourth-order valence-corrected chi connectivity index (χ4v) is 4.82. The van der Waals surface area contributed by atoms with E-state index >= 15 is 0 Å². The molecule has 1 saturated heterocycles. The van der Waals surface area contributed by atoms with E-state index in [-0.39, 0.29) is 9.80 Å². The van der Waals surface area contributed by atoms with Gasteiger partial charge in [0.15, 0.2) is 0 Å². The number of amides is 2. The number of nitrogens with zero attached hydrogens (tertiary/aromatic N) is 1. The van der Waals surface area contributed by atoms with Crippen LogP contribution in [0.15, 0.2) is 64.5 Å². The normalized spacial score (nSPS) is 16.3. The first-order valence-corrected chi connectivity index (χ1v) is 9.98. The van der Waals surface area contributed by atoms with Crippen molar-refractivity contribution in [2.24, 2.45) is 0 Å². The largest absolute Gasteiger partial charge is 0.290 e. The van der Waals surface area contributed by atoms with Crippen molar-refractivity contribution in [3.63, 3.8) is 0 Å². The quantitative estimate of drug-likeness (QED) is 0.679. The Hall–Kier alpha value is -2.91. The summed E-state index contributed by atoms with van der Waals surface area (Å²) in [4.78, 5) is 23.3. The summed E-state index contributed by atoms with van der Waals surface area (Å²) >= 11 is 0.753. The fourth-order valence-electron chi connectivity index (χ4n) is 2.77. The number of fused-ring (bicyclic) bond motifs is 1. The van der Waals surface area contributed by atoms with Gasteiger partial charge in [-0.25, -0.2) is 16.8 Å². The molecule has 1 aliphatic rings. The van der Waals surface area contributed by atoms with Gasteiger partial charge in [-0.2, -0.15) is 0 Å². The highest BCUT2D eigenvalue weighted by atomic mass is 32.2. The molecule has 2 aromatic carbocycles. The first kappa shape index (κ1) is 17.5. The van der Waals surface area contributed by atoms with Crippen LogP contribution in [0.1, 0.15) is 5.56 Å². The summed E-state index contributed by atoms with van der Waals surface area (Å²) in [6.45, 7) is 0. The number of thioether (sulfide) groups is 1. The molecule has 0 atom stereocenters. The molecule has 3 aromatic rings. The van der Waals surface area contributed by atoms with E-state index in [4.69, 9.17) is 0 Å². The van der Waals surface area contributed by atoms with Crippen LogP contribution in [0.4, 0.5) is 9.18 Å². The van der Waals surface area contributed by atoms with E-state index in [1.807, 2.05) is 0 Å². The molecule has 0 radical (unpaired) electrons. The van der Waals surface area contributed by atoms with Gasteiger partial charge in [0.1, 0.15) is 5.82 Å². The third kappa shape index (κ3) is 3.04. The molecular weight excluding hydrogens is 391 g/mol. The number of hydrogen-bond acceptors (Lipinski definition) is 5. The van der Waals surface area contributed by atoms with Gasteiger partial charge in [0.2, 0.25) is 0 Å². The topological polar surface area (TPSA) is 85.2 Å². The minimum Gasteiger partial charge on any atom is -0.282 e. The van der Waals surface area contributed by atoms with Gasteiger partial charge >= 0.3 is 0 Å². The summed E-state index contributed by atoms with van der Waals surface area (Å²) in [6, 6.07) is 11.3. The molecular formula is C18H11FN2O4S2. The number of para-hydroxylation sites is 1. The third-order valence-electron chi connectivity index (χ3n) is 4.01. The summed E-state index contributed by atoms with van der Waals surface area (Å²) in [7, 11) is -3.97. The van der Waals surface area contributed by atoms with Crippen molar-refractivity contribution in [2.45, 2.75) is 4.90 Å². The van der Waals surface area contributed by atoms with Gasteiger partial charge in [-0.3, -0.25) is 14.9 Å². The van der Waals surface area contributed by atoms with Crippen LogP contribution in [0.5, 0.6) is 0 Å². The molecule has 2 heterocycles. The number of carbonyl (C=O) groups is 2. The number of halogens is 1. The number of carbonyl (C=O) groups excluding carboxylic acids is 2. The Kier molecular flexibility index (Phi) is 4.12. The maximum Gasteiger partial charge on any atom is 0.290 e. The lowest BCUT2D eigenvalue weighted by molar-refractivity contribution is -0.115. The second kappa shape index (κ2) is 6.36. The summed E-state index contributed by atoms with van der Waals surface area (Å²) in [5.74, 6) is -1.06. The molecule has 9 heteroatoms. The van der Waals surface area contributed by atoms with Crippen molar-refractivity contribution in [3.8, 4) is 0 Å². The van der Waals surface area contributed by atoms with E-state index in [1.165, 1.54) is 24.4 Å². The number of imide groups is 1. The van der Waals surface area contributed by atoms with Crippen molar-refractivity contribution in [1.82, 2.24) is 9.29 Å². The van der Waals surface area contributed by atoms with Crippen LogP contribution in [0.3, 0.4) is 0 Å². The molecule has 6 nitrogen and oxygen atoms in total. The summed E-state index contributed by atoms with van der Waals surface area (Å²) < 4.78 is 40.3. The maximum absolute atomic E-state index is 13.2. The molecule has 1 N–H and O–H groups in total. The molecule has 0 unspecified atom stereocenters. The Morgan fingerprint density at radius 1 is 1.04 bits per heavy atom. The van der Waals surface area contributed by atoms with Crippen LogP contribution < -0.4 is 5.32 Å². The Morgan fingerprint density at radius 3 is 2.41 bits per heavy atom. The predicted molar refractivity (Wildman–Crippen MR) is 100 cm³/mol. The van der Waals surface area contributed by atoms with Crippen LogP contribution in [0.25, 0.3) is 17.0 Å². The van der Waals surface area contributed by atoms with Crippen LogP contribution in [-0.2, 0) is 14.8 Å². The van der Waals surface area contributed by atoms with Gasteiger partial charge in [-0.1, -0.05) is 18.2 Å². The molecule has 136 valence electrons. The predicted octanol–water partition coefficient (Wildman–Crippen LogP) is 3.34. The Bertz CT molecular complexity index is 1230. The zero-order valence-electron chi connectivity index (χ0n) is 13.5. The van der Waals surface area contributed by atoms with E-state index < -0.39 is 27.0 Å². The minimum atomic E-state index is -3.97. The van der Waals surface area contributed by atoms with Gasteiger partial charge in [-0.15, -0.1) is 0 Å². The smallest absolute Gasteiger partial charge is 0.282 e. The lowest BCUT2D eigenvalue weighted by atomic mass is 10.1. The zero-order valence-corrected chi connectivity index (χ0v) is 15.2. The Morgan fingerprint density at radius 2 is 1.74 bits per heavy atom. The standard InChI is InChI=1S/C18H11FN2O4S2/c19-12-5-7-13(8-6-12)27(24,25)21-10-11(14-3-1-2-4-15(14)21)9-16-17(22)20-18(23)26-16/h1-10H,(H,20,22,23). The number of hydrogen-bond donors (Lipinski definition) is 1. The number of aromatic nitrogens is 1. The first-order valence-electron chi connectivity index (χ1n) is 7.72. The molecule has 1 aliphatic heterocycles. The van der Waals surface area contributed by atoms with E-state index in [0.29, 0.717) is 16.5 Å². The van der Waals surface area contributed by atoms with Gasteiger partial charge in [0.25, 0.3) is 21.2 Å². The molecule has 0 aliphatic carbocycles. The lowest BCUT2D eigenvalue weighted by Gasteiger charge is -2.07. The van der Waals surface area contributed by atoms with Gasteiger partial charge < -0.3 is 0 Å². The second-order valence-corrected chi connectivity index (χ2v) is 8.54. The zero-order chi connectivity index (χ0) is 19.2. The SMILES string of the molecule is O=C1NC(=O)C(=Cc2cn(S(=O)(=O)c3ccc(F)cc3)c3ccccc23)S1. The molecule has 0 spiro atoms. The summed E-state index contributed by atoms with van der Waals surface area (Å²) in [5.41, 5.74) is 0.882. The molecule has 27 heavy (non-hydrogen) atoms. The highest BCUT2D eigenvalue weighted by molar-refractivity contribution is 8.18. The summed E-state index contributed by atoms with van der Waals surface area (Å²) in [6.07, 6.45) is 2.86. The molecule has 4 rings (SSSR count). The van der Waals surface area contributed by atoms with Crippen LogP contribution >= 0.6 is 11.8 Å². The highest BCUT2D eigenvalue weighted by Gasteiger charge is 2.26. The van der Waals surface area contributed by atoms with Crippen LogP contribution in [0.2, 0.25) is 0 Å². The maximum atomic E-state index is 13.2. The monoisotopic (exact) mass is 402 g/mol. The van der Waals surface area contributed by atoms with Crippen molar-refractivity contribution < 1.29 is 22.4 Å². The average molecular weight is 402 g/mol. The van der Waals surface area contributed by atoms with Crippen molar-refractivity contribution in [1.29, 1.82) is 0 Å². The lowest BCUT2D eigenvalue weighted by Crippen LogP contribution is -2.17. The molecule has 0 bridgehead atoms. The molecule has 1 aromatic heterocycles. The van der Waals surface area contributed by atoms with E-state index in [1.54, 1.807) is 24.3 Å². The minimum absolute atomic E-state index is 0.0629. The third-order valence-corrected chi connectivity index (χ3v) is 6.51. The molecule has 2 amide bonds. The molecule has 1 fully saturated rings. The van der Waals surface area contributed by atoms with Gasteiger partial charge in [0.05, 0.1) is 15.3 Å². The Labute approximate surface area is 157 Å². The van der Waals surface area contributed by atoms with E-state index in [2.05, 4.69) is 5.32 Å².